The second-order valence-corrected chi connectivity index (χ2v) is 7.02. The fraction of sp³-hybridized carbons (Fsp3) is 0.933. The zero-order chi connectivity index (χ0) is 13.8. The molecule has 18 heavy (non-hydrogen) atoms. The molecule has 1 aliphatic carbocycles. The number of carbonyl (C=O) groups excluding carboxylic acids is 1. The molecule has 1 saturated carbocycles. The van der Waals surface area contributed by atoms with Gasteiger partial charge in [0.25, 0.3) is 0 Å². The summed E-state index contributed by atoms with van der Waals surface area (Å²) < 4.78 is 0. The van der Waals surface area contributed by atoms with Crippen LogP contribution in [0.3, 0.4) is 0 Å². The van der Waals surface area contributed by atoms with Crippen LogP contribution in [-0.4, -0.2) is 30.9 Å². The Labute approximate surface area is 112 Å². The van der Waals surface area contributed by atoms with Crippen molar-refractivity contribution in [1.29, 1.82) is 0 Å². The van der Waals surface area contributed by atoms with Crippen LogP contribution in [0.5, 0.6) is 0 Å². The van der Waals surface area contributed by atoms with Crippen molar-refractivity contribution < 1.29 is 4.79 Å². The van der Waals surface area contributed by atoms with Crippen LogP contribution in [0.4, 0.5) is 0 Å². The summed E-state index contributed by atoms with van der Waals surface area (Å²) in [7, 11) is 1.95. The van der Waals surface area contributed by atoms with Crippen molar-refractivity contribution in [2.75, 3.05) is 20.1 Å². The van der Waals surface area contributed by atoms with Crippen molar-refractivity contribution >= 4 is 5.91 Å². The molecule has 0 aromatic carbocycles. The van der Waals surface area contributed by atoms with Gasteiger partial charge in [-0.15, -0.1) is 0 Å². The van der Waals surface area contributed by atoms with Crippen LogP contribution in [0.15, 0.2) is 0 Å². The largest absolute Gasteiger partial charge is 0.346 e. The first-order chi connectivity index (χ1) is 8.33. The van der Waals surface area contributed by atoms with Crippen molar-refractivity contribution in [3.05, 3.63) is 0 Å². The Morgan fingerprint density at radius 3 is 2.22 bits per heavy atom. The minimum absolute atomic E-state index is 0.248. The zero-order valence-corrected chi connectivity index (χ0v) is 12.5. The maximum Gasteiger partial charge on any atom is 0.225 e. The van der Waals surface area contributed by atoms with E-state index in [0.717, 1.165) is 45.2 Å². The third-order valence-corrected chi connectivity index (χ3v) is 4.10. The fourth-order valence-electron chi connectivity index (χ4n) is 2.57. The van der Waals surface area contributed by atoms with Gasteiger partial charge in [-0.05, 0) is 50.0 Å². The van der Waals surface area contributed by atoms with Gasteiger partial charge in [0.05, 0.1) is 0 Å². The Hall–Kier alpha value is -0.570. The number of rotatable bonds is 4. The normalized spacial score (nSPS) is 24.9. The molecule has 2 N–H and O–H groups in total. The lowest BCUT2D eigenvalue weighted by Crippen LogP contribution is -2.37. The maximum absolute atomic E-state index is 12.3. The molecule has 0 atom stereocenters. The molecule has 106 valence electrons. The van der Waals surface area contributed by atoms with Crippen LogP contribution in [0.2, 0.25) is 0 Å². The van der Waals surface area contributed by atoms with Crippen LogP contribution < -0.4 is 5.73 Å². The number of hydrogen-bond donors (Lipinski definition) is 1. The molecule has 1 fully saturated rings. The van der Waals surface area contributed by atoms with Gasteiger partial charge in [0, 0.05) is 19.5 Å². The summed E-state index contributed by atoms with van der Waals surface area (Å²) in [6.45, 7) is 8.31. The highest BCUT2D eigenvalue weighted by atomic mass is 16.2. The number of carbonyl (C=O) groups is 1. The first kappa shape index (κ1) is 15.5. The van der Waals surface area contributed by atoms with Crippen LogP contribution in [-0.2, 0) is 4.79 Å². The summed E-state index contributed by atoms with van der Waals surface area (Å²) in [6, 6.07) is 0. The van der Waals surface area contributed by atoms with E-state index in [1.165, 1.54) is 0 Å². The number of hydrogen-bond acceptors (Lipinski definition) is 2. The predicted molar refractivity (Wildman–Crippen MR) is 76.2 cm³/mol. The van der Waals surface area contributed by atoms with E-state index in [2.05, 4.69) is 20.8 Å². The smallest absolute Gasteiger partial charge is 0.225 e. The molecule has 0 aromatic rings. The molecule has 0 spiro atoms. The second-order valence-electron chi connectivity index (χ2n) is 7.02. The Bertz CT molecular complexity index is 262. The molecular formula is C15H30N2O. The third kappa shape index (κ3) is 4.97. The molecule has 1 rings (SSSR count). The van der Waals surface area contributed by atoms with Crippen molar-refractivity contribution in [2.45, 2.75) is 52.9 Å². The minimum Gasteiger partial charge on any atom is -0.346 e. The zero-order valence-electron chi connectivity index (χ0n) is 12.5. The molecular weight excluding hydrogens is 224 g/mol. The molecule has 0 saturated heterocycles. The summed E-state index contributed by atoms with van der Waals surface area (Å²) in [5, 5.41) is 0. The molecule has 0 bridgehead atoms. The van der Waals surface area contributed by atoms with Crippen LogP contribution >= 0.6 is 0 Å². The minimum atomic E-state index is 0.248. The average Bonchev–Trinajstić information content (AvgIpc) is 2.34. The molecule has 0 radical (unpaired) electrons. The SMILES string of the molecule is CN(CCC(C)(C)C)C(=O)C1CCC(CN)CC1. The van der Waals surface area contributed by atoms with Crippen LogP contribution in [0.25, 0.3) is 0 Å². The molecule has 1 aliphatic rings. The first-order valence-electron chi connectivity index (χ1n) is 7.28. The van der Waals surface area contributed by atoms with Gasteiger partial charge in [-0.2, -0.15) is 0 Å². The molecule has 3 heteroatoms. The summed E-state index contributed by atoms with van der Waals surface area (Å²) in [4.78, 5) is 14.2. The van der Waals surface area contributed by atoms with Crippen molar-refractivity contribution in [3.8, 4) is 0 Å². The summed E-state index contributed by atoms with van der Waals surface area (Å²) in [6.07, 6.45) is 5.37. The molecule has 1 amide bonds. The lowest BCUT2D eigenvalue weighted by Gasteiger charge is -2.31. The van der Waals surface area contributed by atoms with E-state index in [9.17, 15) is 4.79 Å². The third-order valence-electron chi connectivity index (χ3n) is 4.10. The maximum atomic E-state index is 12.3. The monoisotopic (exact) mass is 254 g/mol. The van der Waals surface area contributed by atoms with E-state index in [0.29, 0.717) is 17.2 Å². The van der Waals surface area contributed by atoms with E-state index < -0.39 is 0 Å². The number of nitrogens with two attached hydrogens (primary N) is 1. The Morgan fingerprint density at radius 1 is 1.22 bits per heavy atom. The Kier molecular flexibility index (Phi) is 5.64. The Balaban J connectivity index is 2.36. The molecule has 0 aliphatic heterocycles. The second kappa shape index (κ2) is 6.55. The van der Waals surface area contributed by atoms with Crippen molar-refractivity contribution in [3.63, 3.8) is 0 Å². The highest BCUT2D eigenvalue weighted by Gasteiger charge is 2.27. The summed E-state index contributed by atoms with van der Waals surface area (Å²) >= 11 is 0. The van der Waals surface area contributed by atoms with Gasteiger partial charge in [-0.3, -0.25) is 4.79 Å². The van der Waals surface area contributed by atoms with Gasteiger partial charge in [0.1, 0.15) is 0 Å². The molecule has 0 unspecified atom stereocenters. The number of amides is 1. The average molecular weight is 254 g/mol. The van der Waals surface area contributed by atoms with E-state index in [1.807, 2.05) is 11.9 Å². The van der Waals surface area contributed by atoms with E-state index in [-0.39, 0.29) is 5.92 Å². The summed E-state index contributed by atoms with van der Waals surface area (Å²) in [5.41, 5.74) is 5.98. The first-order valence-corrected chi connectivity index (χ1v) is 7.28. The molecule has 0 aromatic heterocycles. The van der Waals surface area contributed by atoms with Crippen molar-refractivity contribution in [2.24, 2.45) is 23.0 Å². The van der Waals surface area contributed by atoms with Crippen LogP contribution in [0.1, 0.15) is 52.9 Å². The van der Waals surface area contributed by atoms with Crippen molar-refractivity contribution in [1.82, 2.24) is 4.90 Å². The van der Waals surface area contributed by atoms with Gasteiger partial charge in [0.2, 0.25) is 5.91 Å². The standard InChI is InChI=1S/C15H30N2O/c1-15(2,3)9-10-17(4)14(18)13-7-5-12(11-16)6-8-13/h12-13H,5-11,16H2,1-4H3. The quantitative estimate of drug-likeness (QED) is 0.838. The fourth-order valence-corrected chi connectivity index (χ4v) is 2.57. The number of nitrogens with zero attached hydrogens (tertiary/aromatic N) is 1. The Morgan fingerprint density at radius 2 is 1.78 bits per heavy atom. The van der Waals surface area contributed by atoms with E-state index >= 15 is 0 Å². The van der Waals surface area contributed by atoms with Gasteiger partial charge >= 0.3 is 0 Å². The van der Waals surface area contributed by atoms with Gasteiger partial charge < -0.3 is 10.6 Å². The van der Waals surface area contributed by atoms with Crippen LogP contribution in [0, 0.1) is 17.3 Å². The van der Waals surface area contributed by atoms with Gasteiger partial charge in [0.15, 0.2) is 0 Å². The highest BCUT2D eigenvalue weighted by molar-refractivity contribution is 5.78. The van der Waals surface area contributed by atoms with Gasteiger partial charge in [-0.1, -0.05) is 20.8 Å². The van der Waals surface area contributed by atoms with Gasteiger partial charge in [-0.25, -0.2) is 0 Å². The molecule has 3 nitrogen and oxygen atoms in total. The summed E-state index contributed by atoms with van der Waals surface area (Å²) in [5.74, 6) is 1.24. The van der Waals surface area contributed by atoms with E-state index in [4.69, 9.17) is 5.73 Å². The topological polar surface area (TPSA) is 46.3 Å². The molecule has 0 heterocycles. The lowest BCUT2D eigenvalue weighted by atomic mass is 9.81. The highest BCUT2D eigenvalue weighted by Crippen LogP contribution is 2.29. The predicted octanol–water partition coefficient (Wildman–Crippen LogP) is 2.65. The lowest BCUT2D eigenvalue weighted by molar-refractivity contribution is -0.135. The van der Waals surface area contributed by atoms with E-state index in [1.54, 1.807) is 0 Å².